The van der Waals surface area contributed by atoms with Crippen LogP contribution in [-0.2, 0) is 9.84 Å². The molecule has 0 radical (unpaired) electrons. The van der Waals surface area contributed by atoms with Crippen LogP contribution in [0, 0.1) is 0 Å². The van der Waals surface area contributed by atoms with Crippen LogP contribution in [0.1, 0.15) is 24.8 Å². The SMILES string of the molecule is CCOc1ccc2c(c1)OCCC2C(N)S(=O)(=O)c1ccccc1. The molecule has 0 saturated heterocycles. The van der Waals surface area contributed by atoms with Crippen molar-refractivity contribution in [2.45, 2.75) is 29.5 Å². The lowest BCUT2D eigenvalue weighted by molar-refractivity contribution is 0.261. The number of hydrogen-bond acceptors (Lipinski definition) is 5. The van der Waals surface area contributed by atoms with Gasteiger partial charge in [0.05, 0.1) is 18.1 Å². The second-order valence-corrected chi connectivity index (χ2v) is 7.80. The Morgan fingerprint density at radius 1 is 1.25 bits per heavy atom. The van der Waals surface area contributed by atoms with Crippen LogP contribution in [0.3, 0.4) is 0 Å². The molecule has 0 bridgehead atoms. The number of fused-ring (bicyclic) bond motifs is 1. The average Bonchev–Trinajstić information content (AvgIpc) is 2.61. The highest BCUT2D eigenvalue weighted by atomic mass is 32.2. The molecule has 128 valence electrons. The second-order valence-electron chi connectivity index (χ2n) is 5.70. The van der Waals surface area contributed by atoms with Crippen LogP contribution >= 0.6 is 0 Å². The van der Waals surface area contributed by atoms with Gasteiger partial charge in [-0.2, -0.15) is 0 Å². The fraction of sp³-hybridized carbons (Fsp3) is 0.333. The standard InChI is InChI=1S/C18H21NO4S/c1-2-22-13-8-9-15-16(10-11-23-17(15)12-13)18(19)24(20,21)14-6-4-3-5-7-14/h3-9,12,16,18H,2,10-11,19H2,1H3. The normalized spacial score (nSPS) is 18.3. The summed E-state index contributed by atoms with van der Waals surface area (Å²) in [7, 11) is -3.61. The van der Waals surface area contributed by atoms with Crippen molar-refractivity contribution in [3.63, 3.8) is 0 Å². The van der Waals surface area contributed by atoms with Crippen LogP contribution in [0.5, 0.6) is 11.5 Å². The summed E-state index contributed by atoms with van der Waals surface area (Å²) in [6.07, 6.45) is 0.564. The van der Waals surface area contributed by atoms with Crippen LogP contribution in [0.25, 0.3) is 0 Å². The minimum Gasteiger partial charge on any atom is -0.494 e. The van der Waals surface area contributed by atoms with E-state index in [1.54, 1.807) is 36.4 Å². The molecule has 2 aromatic rings. The third kappa shape index (κ3) is 3.12. The Kier molecular flexibility index (Phi) is 4.78. The van der Waals surface area contributed by atoms with Crippen molar-refractivity contribution in [2.24, 2.45) is 5.73 Å². The van der Waals surface area contributed by atoms with Gasteiger partial charge in [0.25, 0.3) is 0 Å². The summed E-state index contributed by atoms with van der Waals surface area (Å²) < 4.78 is 36.8. The quantitative estimate of drug-likeness (QED) is 0.900. The van der Waals surface area contributed by atoms with Crippen LogP contribution in [-0.4, -0.2) is 27.0 Å². The highest BCUT2D eigenvalue weighted by Crippen LogP contribution is 2.39. The molecule has 2 atom stereocenters. The lowest BCUT2D eigenvalue weighted by atomic mass is 9.93. The monoisotopic (exact) mass is 347 g/mol. The van der Waals surface area contributed by atoms with Gasteiger partial charge >= 0.3 is 0 Å². The molecule has 0 aliphatic carbocycles. The van der Waals surface area contributed by atoms with Gasteiger partial charge in [-0.1, -0.05) is 24.3 Å². The first-order valence-electron chi connectivity index (χ1n) is 7.98. The maximum Gasteiger partial charge on any atom is 0.194 e. The topological polar surface area (TPSA) is 78.6 Å². The van der Waals surface area contributed by atoms with Gasteiger partial charge in [-0.25, -0.2) is 8.42 Å². The third-order valence-corrected chi connectivity index (χ3v) is 6.18. The maximum absolute atomic E-state index is 12.8. The Hall–Kier alpha value is -2.05. The minimum absolute atomic E-state index is 0.247. The van der Waals surface area contributed by atoms with Gasteiger partial charge < -0.3 is 15.2 Å². The average molecular weight is 347 g/mol. The van der Waals surface area contributed by atoms with Gasteiger partial charge in [0.2, 0.25) is 0 Å². The van der Waals surface area contributed by atoms with Crippen LogP contribution < -0.4 is 15.2 Å². The van der Waals surface area contributed by atoms with E-state index in [0.717, 1.165) is 5.56 Å². The smallest absolute Gasteiger partial charge is 0.194 e. The number of ether oxygens (including phenoxy) is 2. The first-order chi connectivity index (χ1) is 11.5. The van der Waals surface area contributed by atoms with Gasteiger partial charge in [-0.15, -0.1) is 0 Å². The first kappa shape index (κ1) is 16.8. The summed E-state index contributed by atoms with van der Waals surface area (Å²) in [5, 5.41) is -1.01. The molecule has 6 heteroatoms. The fourth-order valence-electron chi connectivity index (χ4n) is 2.98. The number of benzene rings is 2. The van der Waals surface area contributed by atoms with Crippen LogP contribution in [0.15, 0.2) is 53.4 Å². The molecular formula is C18H21NO4S. The van der Waals surface area contributed by atoms with E-state index in [1.165, 1.54) is 0 Å². The van der Waals surface area contributed by atoms with Crippen molar-refractivity contribution < 1.29 is 17.9 Å². The van der Waals surface area contributed by atoms with E-state index >= 15 is 0 Å². The van der Waals surface area contributed by atoms with Crippen molar-refractivity contribution in [3.05, 3.63) is 54.1 Å². The molecule has 0 spiro atoms. The van der Waals surface area contributed by atoms with Crippen molar-refractivity contribution >= 4 is 9.84 Å². The largest absolute Gasteiger partial charge is 0.494 e. The van der Waals surface area contributed by atoms with Crippen LogP contribution in [0.4, 0.5) is 0 Å². The van der Waals surface area contributed by atoms with Crippen molar-refractivity contribution in [1.29, 1.82) is 0 Å². The summed E-state index contributed by atoms with van der Waals surface area (Å²) in [6.45, 7) is 2.90. The van der Waals surface area contributed by atoms with E-state index in [4.69, 9.17) is 15.2 Å². The number of nitrogens with two attached hydrogens (primary N) is 1. The summed E-state index contributed by atoms with van der Waals surface area (Å²) in [5.41, 5.74) is 7.01. The zero-order valence-electron chi connectivity index (χ0n) is 13.5. The van der Waals surface area contributed by atoms with E-state index in [0.29, 0.717) is 31.1 Å². The third-order valence-electron chi connectivity index (χ3n) is 4.21. The molecule has 5 nitrogen and oxygen atoms in total. The summed E-state index contributed by atoms with van der Waals surface area (Å²) in [4.78, 5) is 0.247. The number of rotatable bonds is 5. The summed E-state index contributed by atoms with van der Waals surface area (Å²) in [6, 6.07) is 13.8. The molecule has 2 unspecified atom stereocenters. The number of sulfone groups is 1. The predicted molar refractivity (Wildman–Crippen MR) is 92.1 cm³/mol. The van der Waals surface area contributed by atoms with Gasteiger partial charge in [-0.3, -0.25) is 0 Å². The molecule has 1 heterocycles. The fourth-order valence-corrected chi connectivity index (χ4v) is 4.54. The zero-order chi connectivity index (χ0) is 17.2. The van der Waals surface area contributed by atoms with Gasteiger partial charge in [0, 0.05) is 17.5 Å². The maximum atomic E-state index is 12.8. The first-order valence-corrected chi connectivity index (χ1v) is 9.52. The lowest BCUT2D eigenvalue weighted by Crippen LogP contribution is -2.39. The summed E-state index contributed by atoms with van der Waals surface area (Å²) in [5.74, 6) is 1.04. The minimum atomic E-state index is -3.61. The molecule has 1 aliphatic rings. The molecule has 2 aromatic carbocycles. The molecule has 0 amide bonds. The molecule has 2 N–H and O–H groups in total. The Morgan fingerprint density at radius 2 is 2.00 bits per heavy atom. The van der Waals surface area contributed by atoms with Crippen molar-refractivity contribution in [1.82, 2.24) is 0 Å². The molecule has 24 heavy (non-hydrogen) atoms. The van der Waals surface area contributed by atoms with E-state index in [-0.39, 0.29) is 10.8 Å². The Labute approximate surface area is 142 Å². The van der Waals surface area contributed by atoms with Gasteiger partial charge in [0.15, 0.2) is 9.84 Å². The predicted octanol–water partition coefficient (Wildman–Crippen LogP) is 2.71. The summed E-state index contributed by atoms with van der Waals surface area (Å²) >= 11 is 0. The molecule has 0 aromatic heterocycles. The highest BCUT2D eigenvalue weighted by Gasteiger charge is 2.35. The molecule has 0 saturated carbocycles. The Morgan fingerprint density at radius 3 is 2.71 bits per heavy atom. The highest BCUT2D eigenvalue weighted by molar-refractivity contribution is 7.92. The van der Waals surface area contributed by atoms with Crippen molar-refractivity contribution in [2.75, 3.05) is 13.2 Å². The molecule has 1 aliphatic heterocycles. The van der Waals surface area contributed by atoms with Crippen LogP contribution in [0.2, 0.25) is 0 Å². The zero-order valence-corrected chi connectivity index (χ0v) is 14.3. The lowest BCUT2D eigenvalue weighted by Gasteiger charge is -2.30. The Bertz CT molecular complexity index is 805. The Balaban J connectivity index is 1.94. The van der Waals surface area contributed by atoms with E-state index in [9.17, 15) is 8.42 Å². The van der Waals surface area contributed by atoms with Crippen molar-refractivity contribution in [3.8, 4) is 11.5 Å². The molecule has 0 fully saturated rings. The van der Waals surface area contributed by atoms with Gasteiger partial charge in [0.1, 0.15) is 16.9 Å². The molecular weight excluding hydrogens is 326 g/mol. The van der Waals surface area contributed by atoms with E-state index in [2.05, 4.69) is 0 Å². The second kappa shape index (κ2) is 6.83. The van der Waals surface area contributed by atoms with E-state index in [1.807, 2.05) is 19.1 Å². The number of hydrogen-bond donors (Lipinski definition) is 1. The van der Waals surface area contributed by atoms with Gasteiger partial charge in [-0.05, 0) is 31.5 Å². The molecule has 3 rings (SSSR count). The van der Waals surface area contributed by atoms with E-state index < -0.39 is 15.2 Å².